The fourth-order valence-electron chi connectivity index (χ4n) is 1.89. The Hall–Kier alpha value is -0.720. The van der Waals surface area contributed by atoms with Crippen molar-refractivity contribution < 1.29 is 14.3 Å². The summed E-state index contributed by atoms with van der Waals surface area (Å²) in [5.41, 5.74) is 0.309. The van der Waals surface area contributed by atoms with Crippen molar-refractivity contribution in [2.75, 3.05) is 18.5 Å². The van der Waals surface area contributed by atoms with Crippen LogP contribution >= 0.6 is 34.8 Å². The third-order valence-electron chi connectivity index (χ3n) is 2.80. The fraction of sp³-hybridized carbons (Fsp3) is 0.462. The molecule has 0 spiro atoms. The van der Waals surface area contributed by atoms with E-state index in [1.165, 1.54) is 12.1 Å². The third-order valence-corrected chi connectivity index (χ3v) is 3.62. The molecule has 8 heteroatoms. The van der Waals surface area contributed by atoms with Crippen LogP contribution in [-0.2, 0) is 9.47 Å². The molecule has 1 aliphatic rings. The van der Waals surface area contributed by atoms with Crippen LogP contribution in [0.25, 0.3) is 0 Å². The zero-order valence-electron chi connectivity index (χ0n) is 11.5. The maximum Gasteiger partial charge on any atom is 0.319 e. The molecule has 1 unspecified atom stereocenters. The quantitative estimate of drug-likeness (QED) is 0.866. The van der Waals surface area contributed by atoms with E-state index in [1.54, 1.807) is 0 Å². The summed E-state index contributed by atoms with van der Waals surface area (Å²) in [4.78, 5) is 11.9. The largest absolute Gasteiger partial charge is 0.348 e. The number of carbonyl (C=O) groups excluding carboxylic acids is 1. The molecule has 116 valence electrons. The van der Waals surface area contributed by atoms with Gasteiger partial charge in [0, 0.05) is 11.6 Å². The highest BCUT2D eigenvalue weighted by Crippen LogP contribution is 2.33. The Kier molecular flexibility index (Phi) is 5.22. The van der Waals surface area contributed by atoms with Crippen LogP contribution in [0.3, 0.4) is 0 Å². The molecule has 0 saturated carbocycles. The lowest BCUT2D eigenvalue weighted by Gasteiger charge is -2.17. The first-order valence-electron chi connectivity index (χ1n) is 6.28. The smallest absolute Gasteiger partial charge is 0.319 e. The van der Waals surface area contributed by atoms with Crippen molar-refractivity contribution in [1.29, 1.82) is 0 Å². The lowest BCUT2D eigenvalue weighted by Crippen LogP contribution is -2.37. The predicted molar refractivity (Wildman–Crippen MR) is 83.4 cm³/mol. The topological polar surface area (TPSA) is 59.6 Å². The van der Waals surface area contributed by atoms with E-state index in [0.717, 1.165) is 0 Å². The van der Waals surface area contributed by atoms with Gasteiger partial charge in [-0.05, 0) is 26.0 Å². The highest BCUT2D eigenvalue weighted by molar-refractivity contribution is 6.42. The Morgan fingerprint density at radius 2 is 1.95 bits per heavy atom. The van der Waals surface area contributed by atoms with Gasteiger partial charge in [0.1, 0.15) is 6.10 Å². The molecule has 1 fully saturated rings. The molecule has 1 heterocycles. The van der Waals surface area contributed by atoms with Gasteiger partial charge in [-0.3, -0.25) is 0 Å². The van der Waals surface area contributed by atoms with Gasteiger partial charge < -0.3 is 20.1 Å². The summed E-state index contributed by atoms with van der Waals surface area (Å²) in [5.74, 6) is -0.619. The standard InChI is InChI=1S/C13H15Cl3N2O3/c1-13(2)20-6-8(21-13)5-17-12(19)18-11-9(15)3-7(14)4-10(11)16/h3-4,8H,5-6H2,1-2H3,(H2,17,18,19). The number of amides is 2. The monoisotopic (exact) mass is 352 g/mol. The summed E-state index contributed by atoms with van der Waals surface area (Å²) in [6.07, 6.45) is -0.193. The van der Waals surface area contributed by atoms with Crippen molar-refractivity contribution in [3.05, 3.63) is 27.2 Å². The average molecular weight is 354 g/mol. The zero-order chi connectivity index (χ0) is 15.6. The van der Waals surface area contributed by atoms with Crippen LogP contribution in [0, 0.1) is 0 Å². The Morgan fingerprint density at radius 1 is 1.33 bits per heavy atom. The van der Waals surface area contributed by atoms with E-state index in [1.807, 2.05) is 13.8 Å². The molecule has 2 N–H and O–H groups in total. The molecule has 2 amide bonds. The van der Waals surface area contributed by atoms with Crippen LogP contribution in [0.1, 0.15) is 13.8 Å². The van der Waals surface area contributed by atoms with Gasteiger partial charge in [-0.2, -0.15) is 0 Å². The van der Waals surface area contributed by atoms with E-state index in [-0.39, 0.29) is 16.1 Å². The van der Waals surface area contributed by atoms with Gasteiger partial charge in [-0.25, -0.2) is 4.79 Å². The maximum absolute atomic E-state index is 11.9. The summed E-state index contributed by atoms with van der Waals surface area (Å²) >= 11 is 17.8. The summed E-state index contributed by atoms with van der Waals surface area (Å²) in [6, 6.07) is 2.57. The van der Waals surface area contributed by atoms with Crippen molar-refractivity contribution in [2.45, 2.75) is 25.7 Å². The third kappa shape index (κ3) is 4.63. The molecule has 1 aromatic rings. The van der Waals surface area contributed by atoms with Crippen LogP contribution in [0.5, 0.6) is 0 Å². The van der Waals surface area contributed by atoms with Crippen LogP contribution in [0.2, 0.25) is 15.1 Å². The molecule has 0 radical (unpaired) electrons. The van der Waals surface area contributed by atoms with Crippen molar-refractivity contribution >= 4 is 46.5 Å². The second kappa shape index (κ2) is 6.58. The molecule has 1 aliphatic heterocycles. The van der Waals surface area contributed by atoms with Gasteiger partial charge in [-0.1, -0.05) is 34.8 Å². The summed E-state index contributed by atoms with van der Waals surface area (Å²) in [6.45, 7) is 4.38. The number of carbonyl (C=O) groups is 1. The molecule has 2 rings (SSSR count). The maximum atomic E-state index is 11.9. The summed E-state index contributed by atoms with van der Waals surface area (Å²) in [7, 11) is 0. The second-order valence-corrected chi connectivity index (χ2v) is 6.28. The number of hydrogen-bond acceptors (Lipinski definition) is 3. The first kappa shape index (κ1) is 16.6. The highest BCUT2D eigenvalue weighted by atomic mass is 35.5. The number of rotatable bonds is 3. The van der Waals surface area contributed by atoms with E-state index in [0.29, 0.717) is 23.9 Å². The number of anilines is 1. The van der Waals surface area contributed by atoms with Crippen molar-refractivity contribution in [3.8, 4) is 0 Å². The Bertz CT molecular complexity index is 528. The minimum atomic E-state index is -0.619. The Balaban J connectivity index is 1.88. The van der Waals surface area contributed by atoms with Gasteiger partial charge in [0.05, 0.1) is 22.3 Å². The van der Waals surface area contributed by atoms with E-state index in [2.05, 4.69) is 10.6 Å². The Morgan fingerprint density at radius 3 is 2.48 bits per heavy atom. The Labute approximate surface area is 137 Å². The molecule has 1 saturated heterocycles. The van der Waals surface area contributed by atoms with E-state index < -0.39 is 11.8 Å². The molecule has 1 aromatic carbocycles. The molecule has 0 bridgehead atoms. The molecular formula is C13H15Cl3N2O3. The van der Waals surface area contributed by atoms with E-state index in [4.69, 9.17) is 44.3 Å². The SMILES string of the molecule is CC1(C)OCC(CNC(=O)Nc2c(Cl)cc(Cl)cc2Cl)O1. The number of ether oxygens (including phenoxy) is 2. The molecule has 21 heavy (non-hydrogen) atoms. The number of urea groups is 1. The molecular weight excluding hydrogens is 339 g/mol. The van der Waals surface area contributed by atoms with Gasteiger partial charge in [-0.15, -0.1) is 0 Å². The summed E-state index contributed by atoms with van der Waals surface area (Å²) in [5, 5.41) is 6.19. The molecule has 0 aliphatic carbocycles. The van der Waals surface area contributed by atoms with Crippen LogP contribution in [0.15, 0.2) is 12.1 Å². The van der Waals surface area contributed by atoms with Gasteiger partial charge in [0.15, 0.2) is 5.79 Å². The highest BCUT2D eigenvalue weighted by Gasteiger charge is 2.32. The average Bonchev–Trinajstić information content (AvgIpc) is 2.71. The minimum absolute atomic E-state index is 0.193. The van der Waals surface area contributed by atoms with Crippen molar-refractivity contribution in [3.63, 3.8) is 0 Å². The normalized spacial score (nSPS) is 20.3. The predicted octanol–water partition coefficient (Wildman–Crippen LogP) is 3.92. The molecule has 0 aromatic heterocycles. The van der Waals surface area contributed by atoms with E-state index >= 15 is 0 Å². The molecule has 5 nitrogen and oxygen atoms in total. The lowest BCUT2D eigenvalue weighted by molar-refractivity contribution is -0.137. The van der Waals surface area contributed by atoms with Crippen LogP contribution < -0.4 is 10.6 Å². The number of halogens is 3. The first-order valence-corrected chi connectivity index (χ1v) is 7.41. The number of hydrogen-bond donors (Lipinski definition) is 2. The molecule has 1 atom stereocenters. The van der Waals surface area contributed by atoms with Crippen molar-refractivity contribution in [1.82, 2.24) is 5.32 Å². The fourth-order valence-corrected chi connectivity index (χ4v) is 2.80. The first-order chi connectivity index (χ1) is 9.77. The van der Waals surface area contributed by atoms with Gasteiger partial charge in [0.25, 0.3) is 0 Å². The zero-order valence-corrected chi connectivity index (χ0v) is 13.8. The van der Waals surface area contributed by atoms with Gasteiger partial charge in [0.2, 0.25) is 0 Å². The summed E-state index contributed by atoms with van der Waals surface area (Å²) < 4.78 is 11.0. The van der Waals surface area contributed by atoms with Gasteiger partial charge >= 0.3 is 6.03 Å². The number of nitrogens with one attached hydrogen (secondary N) is 2. The second-order valence-electron chi connectivity index (χ2n) is 5.03. The van der Waals surface area contributed by atoms with Crippen molar-refractivity contribution in [2.24, 2.45) is 0 Å². The number of benzene rings is 1. The van der Waals surface area contributed by atoms with E-state index in [9.17, 15) is 4.79 Å². The van der Waals surface area contributed by atoms with Crippen LogP contribution in [-0.4, -0.2) is 31.1 Å². The lowest BCUT2D eigenvalue weighted by atomic mass is 10.3. The van der Waals surface area contributed by atoms with Crippen LogP contribution in [0.4, 0.5) is 10.5 Å². The minimum Gasteiger partial charge on any atom is -0.348 e.